The first kappa shape index (κ1) is 45.0. The Labute approximate surface area is 341 Å². The van der Waals surface area contributed by atoms with Crippen molar-refractivity contribution in [3.05, 3.63) is 63.7 Å². The normalized spacial score (nSPS) is 24.0. The van der Waals surface area contributed by atoms with Gasteiger partial charge in [-0.05, 0) is 52.0 Å². The van der Waals surface area contributed by atoms with Crippen LogP contribution in [0.4, 0.5) is 0 Å². The topological polar surface area (TPSA) is 201 Å². The molecule has 1 saturated heterocycles. The summed E-state index contributed by atoms with van der Waals surface area (Å²) in [7, 11) is 1.34. The van der Waals surface area contributed by atoms with Crippen LogP contribution in [0, 0.1) is 0 Å². The minimum atomic E-state index is -2.06. The molecule has 0 bridgehead atoms. The number of rotatable bonds is 21. The predicted octanol–water partition coefficient (Wildman–Crippen LogP) is 6.73. The van der Waals surface area contributed by atoms with Crippen LogP contribution in [0.1, 0.15) is 173 Å². The van der Waals surface area contributed by atoms with E-state index >= 15 is 0 Å². The Kier molecular flexibility index (Phi) is 16.0. The Bertz CT molecular complexity index is 1830. The molecular weight excluding hydrogens is 744 g/mol. The maximum absolute atomic E-state index is 13.9. The Morgan fingerprint density at radius 3 is 2.21 bits per heavy atom. The summed E-state index contributed by atoms with van der Waals surface area (Å²) in [5.41, 5.74) is 2.38. The Morgan fingerprint density at radius 1 is 0.914 bits per heavy atom. The van der Waals surface area contributed by atoms with Crippen molar-refractivity contribution >= 4 is 23.3 Å². The summed E-state index contributed by atoms with van der Waals surface area (Å²) in [5.74, 6) is -3.52. The number of aliphatic hydroxyl groups is 2. The molecule has 5 rings (SSSR count). The first-order chi connectivity index (χ1) is 27.8. The summed E-state index contributed by atoms with van der Waals surface area (Å²) in [5, 5.41) is 45.8. The number of Topliss-reactive ketones (excluding diaryl/α,β-unsaturated/α-hetero) is 1. The van der Waals surface area contributed by atoms with Gasteiger partial charge in [0.15, 0.2) is 17.9 Å². The van der Waals surface area contributed by atoms with Crippen LogP contribution in [-0.2, 0) is 25.5 Å². The second kappa shape index (κ2) is 20.7. The average Bonchev–Trinajstić information content (AvgIpc) is 3.19. The Hall–Kier alpha value is -4.14. The molecule has 2 aromatic rings. The van der Waals surface area contributed by atoms with E-state index in [0.29, 0.717) is 6.42 Å². The van der Waals surface area contributed by atoms with Crippen molar-refractivity contribution in [3.63, 3.8) is 0 Å². The largest absolute Gasteiger partial charge is 0.507 e. The first-order valence-corrected chi connectivity index (χ1v) is 21.1. The van der Waals surface area contributed by atoms with E-state index < -0.39 is 82.6 Å². The molecule has 3 aliphatic rings. The van der Waals surface area contributed by atoms with E-state index in [2.05, 4.69) is 29.9 Å². The zero-order chi connectivity index (χ0) is 42.0. The van der Waals surface area contributed by atoms with Crippen LogP contribution in [-0.4, -0.2) is 80.9 Å². The SMILES string of the molecule is CCCCCCCC/C=C/CCCCCCCC(=O)NNC1CC(O[C@H]2C[C@](O)(C(C)=O)Cc3c(O)c4c(c(O)c32)C(=O)c2c(OC)cccc2C4=O)OC(C)C1O. The van der Waals surface area contributed by atoms with Crippen LogP contribution in [0.25, 0.3) is 0 Å². The lowest BCUT2D eigenvalue weighted by atomic mass is 9.72. The molecule has 6 N–H and O–H groups in total. The van der Waals surface area contributed by atoms with E-state index in [0.717, 1.165) is 44.9 Å². The van der Waals surface area contributed by atoms with E-state index in [-0.39, 0.29) is 46.8 Å². The molecule has 13 nitrogen and oxygen atoms in total. The molecule has 58 heavy (non-hydrogen) atoms. The summed E-state index contributed by atoms with van der Waals surface area (Å²) in [6.45, 7) is 5.04. The van der Waals surface area contributed by atoms with Crippen LogP contribution in [0.5, 0.6) is 17.2 Å². The second-order valence-corrected chi connectivity index (χ2v) is 16.1. The number of carbonyl (C=O) groups excluding carboxylic acids is 4. The molecule has 1 heterocycles. The van der Waals surface area contributed by atoms with Crippen LogP contribution in [0.2, 0.25) is 0 Å². The minimum absolute atomic E-state index is 0.00318. The van der Waals surface area contributed by atoms with Gasteiger partial charge in [-0.1, -0.05) is 82.6 Å². The molecule has 2 aromatic carbocycles. The lowest BCUT2D eigenvalue weighted by Crippen LogP contribution is -2.58. The lowest BCUT2D eigenvalue weighted by Gasteiger charge is -2.42. The number of amides is 1. The summed E-state index contributed by atoms with van der Waals surface area (Å²) in [4.78, 5) is 53.2. The molecule has 6 atom stereocenters. The van der Waals surface area contributed by atoms with Gasteiger partial charge in [0.05, 0.1) is 48.2 Å². The van der Waals surface area contributed by atoms with Crippen LogP contribution >= 0.6 is 0 Å². The Morgan fingerprint density at radius 2 is 1.55 bits per heavy atom. The number of ketones is 3. The van der Waals surface area contributed by atoms with Crippen LogP contribution in [0.15, 0.2) is 30.4 Å². The van der Waals surface area contributed by atoms with Crippen molar-refractivity contribution in [1.82, 2.24) is 10.9 Å². The van der Waals surface area contributed by atoms with E-state index in [9.17, 15) is 39.6 Å². The van der Waals surface area contributed by atoms with Crippen molar-refractivity contribution in [3.8, 4) is 17.2 Å². The number of benzene rings is 2. The molecule has 1 amide bonds. The number of hydrogen-bond acceptors (Lipinski definition) is 12. The van der Waals surface area contributed by atoms with Gasteiger partial charge in [-0.25, -0.2) is 5.43 Å². The standard InChI is InChI=1S/C45H62N2O11/c1-5-6-7-8-9-10-11-12-13-14-15-16-17-18-19-23-34(49)47-46-31-24-35(57-27(2)40(31)50)58-33-26-45(55,28(3)48)25-30-37(33)44(54)39-38(42(30)52)41(51)29-21-20-22-32(56-4)36(29)43(39)53/h12-13,20-22,27,31,33,35,40,46,50,52,54-55H,5-11,14-19,23-26H2,1-4H3,(H,47,49)/b13-12+/t27?,31?,33-,35?,40?,45-/m0/s1. The molecule has 0 aromatic heterocycles. The third kappa shape index (κ3) is 10.3. The highest BCUT2D eigenvalue weighted by Gasteiger charge is 2.49. The predicted molar refractivity (Wildman–Crippen MR) is 217 cm³/mol. The second-order valence-electron chi connectivity index (χ2n) is 16.1. The number of aliphatic hydroxyl groups excluding tert-OH is 1. The van der Waals surface area contributed by atoms with Crippen LogP contribution < -0.4 is 15.6 Å². The number of hydrazine groups is 1. The van der Waals surface area contributed by atoms with Crippen molar-refractivity contribution in [2.24, 2.45) is 0 Å². The molecule has 1 fully saturated rings. The van der Waals surface area contributed by atoms with Gasteiger partial charge in [-0.2, -0.15) is 0 Å². The molecule has 0 radical (unpaired) electrons. The van der Waals surface area contributed by atoms with Crippen molar-refractivity contribution in [2.45, 2.75) is 166 Å². The monoisotopic (exact) mass is 806 g/mol. The number of fused-ring (bicyclic) bond motifs is 3. The van der Waals surface area contributed by atoms with E-state index in [4.69, 9.17) is 14.2 Å². The van der Waals surface area contributed by atoms with Gasteiger partial charge in [-0.3, -0.25) is 24.6 Å². The molecule has 13 heteroatoms. The third-order valence-electron chi connectivity index (χ3n) is 11.8. The van der Waals surface area contributed by atoms with E-state index in [1.54, 1.807) is 6.92 Å². The highest BCUT2D eigenvalue weighted by Crippen LogP contribution is 2.52. The number of aromatic hydroxyl groups is 2. The molecule has 0 spiro atoms. The number of unbranched alkanes of at least 4 members (excludes halogenated alkanes) is 11. The lowest BCUT2D eigenvalue weighted by molar-refractivity contribution is -0.250. The highest BCUT2D eigenvalue weighted by atomic mass is 16.7. The van der Waals surface area contributed by atoms with Gasteiger partial charge in [0, 0.05) is 42.4 Å². The van der Waals surface area contributed by atoms with Gasteiger partial charge in [0.2, 0.25) is 11.7 Å². The number of hydrogen-bond donors (Lipinski definition) is 6. The first-order valence-electron chi connectivity index (χ1n) is 21.1. The zero-order valence-electron chi connectivity index (χ0n) is 34.4. The molecular formula is C45H62N2O11. The van der Waals surface area contributed by atoms with Gasteiger partial charge in [0.1, 0.15) is 22.8 Å². The van der Waals surface area contributed by atoms with Gasteiger partial charge < -0.3 is 34.6 Å². The molecule has 4 unspecified atom stereocenters. The van der Waals surface area contributed by atoms with Crippen molar-refractivity contribution in [1.29, 1.82) is 0 Å². The van der Waals surface area contributed by atoms with Crippen molar-refractivity contribution in [2.75, 3.05) is 7.11 Å². The number of phenolic OH excluding ortho intramolecular Hbond substituents is 2. The molecule has 318 valence electrons. The zero-order valence-corrected chi connectivity index (χ0v) is 34.4. The number of nitrogens with one attached hydrogen (secondary N) is 2. The average molecular weight is 807 g/mol. The minimum Gasteiger partial charge on any atom is -0.507 e. The third-order valence-corrected chi connectivity index (χ3v) is 11.8. The fourth-order valence-electron chi connectivity index (χ4n) is 8.36. The fourth-order valence-corrected chi connectivity index (χ4v) is 8.36. The number of ether oxygens (including phenoxy) is 3. The maximum atomic E-state index is 13.9. The number of carbonyl (C=O) groups is 4. The summed E-state index contributed by atoms with van der Waals surface area (Å²) in [6, 6.07) is 3.72. The summed E-state index contributed by atoms with van der Waals surface area (Å²) >= 11 is 0. The fraction of sp³-hybridized carbons (Fsp3) is 0.600. The summed E-state index contributed by atoms with van der Waals surface area (Å²) < 4.78 is 17.6. The van der Waals surface area contributed by atoms with Gasteiger partial charge >= 0.3 is 0 Å². The summed E-state index contributed by atoms with van der Waals surface area (Å²) in [6.07, 6.45) is 14.9. The number of phenols is 2. The van der Waals surface area contributed by atoms with E-state index in [1.165, 1.54) is 70.8 Å². The Balaban J connectivity index is 1.17. The maximum Gasteiger partial charge on any atom is 0.234 e. The number of allylic oxidation sites excluding steroid dienone is 2. The van der Waals surface area contributed by atoms with Gasteiger partial charge in [0.25, 0.3) is 0 Å². The quantitative estimate of drug-likeness (QED) is 0.0288. The van der Waals surface area contributed by atoms with E-state index in [1.807, 2.05) is 0 Å². The molecule has 1 aliphatic heterocycles. The molecule has 0 saturated carbocycles. The van der Waals surface area contributed by atoms with Crippen LogP contribution in [0.3, 0.4) is 0 Å². The van der Waals surface area contributed by atoms with Gasteiger partial charge in [-0.15, -0.1) is 0 Å². The smallest absolute Gasteiger partial charge is 0.234 e. The van der Waals surface area contributed by atoms with Crippen molar-refractivity contribution < 1.29 is 53.8 Å². The molecule has 2 aliphatic carbocycles. The number of methoxy groups -OCH3 is 1. The highest BCUT2D eigenvalue weighted by molar-refractivity contribution is 6.31.